The normalized spacial score (nSPS) is 24.1. The van der Waals surface area contributed by atoms with Gasteiger partial charge in [0, 0.05) is 38.9 Å². The number of ether oxygens (including phenoxy) is 1. The maximum Gasteiger partial charge on any atom is 0.222 e. The van der Waals surface area contributed by atoms with Crippen molar-refractivity contribution in [3.63, 3.8) is 0 Å². The molecule has 2 aromatic heterocycles. The lowest BCUT2D eigenvalue weighted by Crippen LogP contribution is -2.40. The quantitative estimate of drug-likeness (QED) is 0.932. The number of nitrogens with one attached hydrogen (secondary N) is 1. The molecule has 0 bridgehead atoms. The van der Waals surface area contributed by atoms with Crippen molar-refractivity contribution in [1.29, 1.82) is 0 Å². The molecule has 2 saturated heterocycles. The van der Waals surface area contributed by atoms with Gasteiger partial charge in [-0.1, -0.05) is 0 Å². The molecule has 2 aliphatic rings. The van der Waals surface area contributed by atoms with Crippen molar-refractivity contribution in [2.24, 2.45) is 13.0 Å². The Labute approximate surface area is 142 Å². The maximum atomic E-state index is 6.09. The van der Waals surface area contributed by atoms with Gasteiger partial charge >= 0.3 is 0 Å². The average Bonchev–Trinajstić information content (AvgIpc) is 3.11. The molecule has 0 aliphatic carbocycles. The maximum absolute atomic E-state index is 6.09. The van der Waals surface area contributed by atoms with Crippen molar-refractivity contribution in [3.05, 3.63) is 35.8 Å². The minimum Gasteiger partial charge on any atom is -0.437 e. The Morgan fingerprint density at radius 2 is 2.29 bits per heavy atom. The summed E-state index contributed by atoms with van der Waals surface area (Å²) in [5.41, 5.74) is 2.22. The van der Waals surface area contributed by atoms with E-state index in [2.05, 4.69) is 27.2 Å². The molecule has 24 heavy (non-hydrogen) atoms. The zero-order valence-corrected chi connectivity index (χ0v) is 14.4. The summed E-state index contributed by atoms with van der Waals surface area (Å²) in [5.74, 6) is 2.36. The minimum absolute atomic E-state index is 0.651. The van der Waals surface area contributed by atoms with Gasteiger partial charge in [-0.2, -0.15) is 5.10 Å². The van der Waals surface area contributed by atoms with E-state index < -0.39 is 0 Å². The van der Waals surface area contributed by atoms with Gasteiger partial charge in [0.05, 0.1) is 17.5 Å². The van der Waals surface area contributed by atoms with Gasteiger partial charge in [-0.25, -0.2) is 4.68 Å². The lowest BCUT2D eigenvalue weighted by atomic mass is 9.94. The van der Waals surface area contributed by atoms with E-state index in [4.69, 9.17) is 4.74 Å². The fraction of sp³-hybridized carbons (Fsp3) is 0.556. The Morgan fingerprint density at radius 1 is 1.38 bits per heavy atom. The molecule has 0 unspecified atom stereocenters. The standard InChI is InChI=1S/C18H25N5O/c1-13-16(11-23-10-14-5-3-8-20-17(14)12-23)18(22(2)21-13)24-15-6-4-7-19-9-15/h4,6-7,9,14,17,20H,3,5,8,10-12H2,1-2H3/t14-,17+/m0/s1. The van der Waals surface area contributed by atoms with Crippen LogP contribution in [0.5, 0.6) is 11.6 Å². The predicted octanol–water partition coefficient (Wildman–Crippen LogP) is 2.10. The lowest BCUT2D eigenvalue weighted by Gasteiger charge is -2.24. The summed E-state index contributed by atoms with van der Waals surface area (Å²) in [6.45, 7) is 6.40. The van der Waals surface area contributed by atoms with Gasteiger partial charge < -0.3 is 10.1 Å². The summed E-state index contributed by atoms with van der Waals surface area (Å²) < 4.78 is 7.92. The average molecular weight is 327 g/mol. The molecule has 128 valence electrons. The van der Waals surface area contributed by atoms with Gasteiger partial charge in [0.15, 0.2) is 0 Å². The molecular weight excluding hydrogens is 302 g/mol. The van der Waals surface area contributed by atoms with Gasteiger partial charge in [0.25, 0.3) is 0 Å². The highest BCUT2D eigenvalue weighted by atomic mass is 16.5. The second kappa shape index (κ2) is 6.53. The Balaban J connectivity index is 1.53. The molecule has 0 amide bonds. The van der Waals surface area contributed by atoms with Gasteiger partial charge in [0.1, 0.15) is 5.75 Å². The van der Waals surface area contributed by atoms with Crippen LogP contribution in [0.3, 0.4) is 0 Å². The Hall–Kier alpha value is -1.92. The highest BCUT2D eigenvalue weighted by Gasteiger charge is 2.35. The SMILES string of the molecule is Cc1nn(C)c(Oc2cccnc2)c1CN1C[C@@H]2CCCN[C@@H]2C1. The third-order valence-electron chi connectivity index (χ3n) is 5.19. The van der Waals surface area contributed by atoms with Crippen LogP contribution in [0.2, 0.25) is 0 Å². The van der Waals surface area contributed by atoms with Gasteiger partial charge in [0.2, 0.25) is 5.88 Å². The lowest BCUT2D eigenvalue weighted by molar-refractivity contribution is 0.306. The number of aromatic nitrogens is 3. The smallest absolute Gasteiger partial charge is 0.222 e. The van der Waals surface area contributed by atoms with Crippen molar-refractivity contribution in [3.8, 4) is 11.6 Å². The molecule has 2 fully saturated rings. The molecule has 6 nitrogen and oxygen atoms in total. The summed E-state index contributed by atoms with van der Waals surface area (Å²) in [4.78, 5) is 6.66. The number of fused-ring (bicyclic) bond motifs is 1. The summed E-state index contributed by atoms with van der Waals surface area (Å²) in [7, 11) is 1.94. The minimum atomic E-state index is 0.651. The molecule has 0 spiro atoms. The van der Waals surface area contributed by atoms with E-state index in [-0.39, 0.29) is 0 Å². The molecule has 2 aliphatic heterocycles. The molecule has 4 heterocycles. The van der Waals surface area contributed by atoms with Gasteiger partial charge in [-0.05, 0) is 44.4 Å². The van der Waals surface area contributed by atoms with Crippen LogP contribution in [0.1, 0.15) is 24.1 Å². The molecule has 0 saturated carbocycles. The summed E-state index contributed by atoms with van der Waals surface area (Å²) in [6, 6.07) is 4.46. The summed E-state index contributed by atoms with van der Waals surface area (Å²) in [6.07, 6.45) is 6.14. The van der Waals surface area contributed by atoms with Crippen LogP contribution < -0.4 is 10.1 Å². The summed E-state index contributed by atoms with van der Waals surface area (Å²) >= 11 is 0. The number of piperidine rings is 1. The molecule has 1 N–H and O–H groups in total. The molecule has 2 atom stereocenters. The topological polar surface area (TPSA) is 55.2 Å². The fourth-order valence-electron chi connectivity index (χ4n) is 4.00. The van der Waals surface area contributed by atoms with E-state index in [0.717, 1.165) is 42.9 Å². The molecule has 4 rings (SSSR count). The van der Waals surface area contributed by atoms with Crippen LogP contribution in [0.4, 0.5) is 0 Å². The Morgan fingerprint density at radius 3 is 3.08 bits per heavy atom. The number of nitrogens with zero attached hydrogens (tertiary/aromatic N) is 4. The second-order valence-electron chi connectivity index (χ2n) is 6.94. The van der Waals surface area contributed by atoms with E-state index in [0.29, 0.717) is 6.04 Å². The number of aryl methyl sites for hydroxylation is 2. The fourth-order valence-corrected chi connectivity index (χ4v) is 4.00. The highest BCUT2D eigenvalue weighted by molar-refractivity contribution is 5.35. The van der Waals surface area contributed by atoms with E-state index in [1.165, 1.54) is 24.9 Å². The van der Waals surface area contributed by atoms with E-state index in [1.807, 2.05) is 23.9 Å². The van der Waals surface area contributed by atoms with Crippen LogP contribution in [-0.4, -0.2) is 45.3 Å². The number of hydrogen-bond donors (Lipinski definition) is 1. The Bertz CT molecular complexity index is 685. The first-order chi connectivity index (χ1) is 11.7. The molecule has 0 aromatic carbocycles. The van der Waals surface area contributed by atoms with E-state index >= 15 is 0 Å². The van der Waals surface area contributed by atoms with E-state index in [1.54, 1.807) is 12.4 Å². The van der Waals surface area contributed by atoms with Gasteiger partial charge in [-0.3, -0.25) is 9.88 Å². The van der Waals surface area contributed by atoms with E-state index in [9.17, 15) is 0 Å². The first kappa shape index (κ1) is 15.6. The highest BCUT2D eigenvalue weighted by Crippen LogP contribution is 2.31. The second-order valence-corrected chi connectivity index (χ2v) is 6.94. The monoisotopic (exact) mass is 327 g/mol. The predicted molar refractivity (Wildman–Crippen MR) is 92.0 cm³/mol. The van der Waals surface area contributed by atoms with Crippen LogP contribution in [0, 0.1) is 12.8 Å². The zero-order valence-electron chi connectivity index (χ0n) is 14.4. The van der Waals surface area contributed by atoms with Crippen LogP contribution >= 0.6 is 0 Å². The summed E-state index contributed by atoms with van der Waals surface area (Å²) in [5, 5.41) is 8.24. The van der Waals surface area contributed by atoms with Crippen molar-refractivity contribution >= 4 is 0 Å². The van der Waals surface area contributed by atoms with Gasteiger partial charge in [-0.15, -0.1) is 0 Å². The van der Waals surface area contributed by atoms with Crippen molar-refractivity contribution in [1.82, 2.24) is 25.0 Å². The molecule has 6 heteroatoms. The largest absolute Gasteiger partial charge is 0.437 e. The Kier molecular flexibility index (Phi) is 4.24. The van der Waals surface area contributed by atoms with Crippen LogP contribution in [0.15, 0.2) is 24.5 Å². The van der Waals surface area contributed by atoms with Crippen molar-refractivity contribution < 1.29 is 4.74 Å². The number of pyridine rings is 1. The zero-order chi connectivity index (χ0) is 16.5. The van der Waals surface area contributed by atoms with Crippen LogP contribution in [-0.2, 0) is 13.6 Å². The first-order valence-electron chi connectivity index (χ1n) is 8.77. The first-order valence-corrected chi connectivity index (χ1v) is 8.77. The molecular formula is C18H25N5O. The van der Waals surface area contributed by atoms with Crippen LogP contribution in [0.25, 0.3) is 0 Å². The van der Waals surface area contributed by atoms with Crippen molar-refractivity contribution in [2.45, 2.75) is 32.4 Å². The number of likely N-dealkylation sites (tertiary alicyclic amines) is 1. The third-order valence-corrected chi connectivity index (χ3v) is 5.19. The third kappa shape index (κ3) is 3.03. The number of hydrogen-bond acceptors (Lipinski definition) is 5. The molecule has 0 radical (unpaired) electrons. The number of rotatable bonds is 4. The van der Waals surface area contributed by atoms with Crippen molar-refractivity contribution in [2.75, 3.05) is 19.6 Å². The molecule has 2 aromatic rings.